The second-order valence-electron chi connectivity index (χ2n) is 7.54. The van der Waals surface area contributed by atoms with E-state index in [0.717, 1.165) is 18.7 Å². The lowest BCUT2D eigenvalue weighted by Gasteiger charge is -2.07. The van der Waals surface area contributed by atoms with E-state index in [-0.39, 0.29) is 5.97 Å². The molecule has 0 spiro atoms. The molecule has 0 aliphatic heterocycles. The van der Waals surface area contributed by atoms with Crippen molar-refractivity contribution in [1.29, 1.82) is 0 Å². The lowest BCUT2D eigenvalue weighted by molar-refractivity contribution is -0.134. The lowest BCUT2D eigenvalue weighted by atomic mass is 10.0. The maximum Gasteiger partial charge on any atom is 0.330 e. The van der Waals surface area contributed by atoms with Crippen LogP contribution >= 0.6 is 0 Å². The van der Waals surface area contributed by atoms with Gasteiger partial charge in [-0.25, -0.2) is 4.79 Å². The number of nitrogens with one attached hydrogen (secondary N) is 1. The van der Waals surface area contributed by atoms with E-state index in [4.69, 9.17) is 0 Å². The largest absolute Gasteiger partial charge is 0.466 e. The number of carbonyl (C=O) groups excluding carboxylic acids is 1. The zero-order valence-electron chi connectivity index (χ0n) is 18.0. The number of benzene rings is 2. The molecule has 156 valence electrons. The summed E-state index contributed by atoms with van der Waals surface area (Å²) in [5.41, 5.74) is 4.97. The summed E-state index contributed by atoms with van der Waals surface area (Å²) in [6.45, 7) is 3.95. The van der Waals surface area contributed by atoms with Crippen LogP contribution in [0.3, 0.4) is 0 Å². The highest BCUT2D eigenvalue weighted by Gasteiger charge is 1.98. The highest BCUT2D eigenvalue weighted by atomic mass is 16.5. The second kappa shape index (κ2) is 13.7. The van der Waals surface area contributed by atoms with Crippen molar-refractivity contribution in [3.8, 4) is 0 Å². The second-order valence-corrected chi connectivity index (χ2v) is 7.54. The van der Waals surface area contributed by atoms with Gasteiger partial charge < -0.3 is 10.1 Å². The van der Waals surface area contributed by atoms with Gasteiger partial charge in [0.1, 0.15) is 0 Å². The number of hydrogen-bond donors (Lipinski definition) is 1. The Morgan fingerprint density at radius 2 is 1.38 bits per heavy atom. The van der Waals surface area contributed by atoms with Gasteiger partial charge in [0, 0.05) is 19.2 Å². The molecule has 2 rings (SSSR count). The molecule has 2 aromatic carbocycles. The first-order valence-corrected chi connectivity index (χ1v) is 10.8. The van der Waals surface area contributed by atoms with Crippen LogP contribution in [-0.4, -0.2) is 13.1 Å². The summed E-state index contributed by atoms with van der Waals surface area (Å²) in [5, 5.41) is 3.50. The van der Waals surface area contributed by atoms with Gasteiger partial charge >= 0.3 is 5.97 Å². The molecule has 0 heterocycles. The molecule has 0 fully saturated rings. The van der Waals surface area contributed by atoms with Crippen LogP contribution < -0.4 is 5.32 Å². The van der Waals surface area contributed by atoms with Crippen LogP contribution in [0.2, 0.25) is 0 Å². The molecular weight excluding hydrogens is 358 g/mol. The van der Waals surface area contributed by atoms with Gasteiger partial charge in [-0.1, -0.05) is 87.6 Å². The third-order valence-electron chi connectivity index (χ3n) is 5.09. The Labute approximate surface area is 176 Å². The van der Waals surface area contributed by atoms with Gasteiger partial charge in [-0.3, -0.25) is 0 Å². The molecule has 0 atom stereocenters. The first-order chi connectivity index (χ1) is 14.2. The van der Waals surface area contributed by atoms with E-state index >= 15 is 0 Å². The topological polar surface area (TPSA) is 38.3 Å². The van der Waals surface area contributed by atoms with Crippen molar-refractivity contribution in [2.24, 2.45) is 0 Å². The Bertz CT molecular complexity index is 732. The monoisotopic (exact) mass is 393 g/mol. The molecule has 2 aromatic rings. The predicted molar refractivity (Wildman–Crippen MR) is 122 cm³/mol. The van der Waals surface area contributed by atoms with Crippen LogP contribution in [0.5, 0.6) is 0 Å². The van der Waals surface area contributed by atoms with Crippen molar-refractivity contribution < 1.29 is 9.53 Å². The Morgan fingerprint density at radius 1 is 0.828 bits per heavy atom. The summed E-state index contributed by atoms with van der Waals surface area (Å²) in [6.07, 6.45) is 12.5. The number of esters is 1. The normalized spacial score (nSPS) is 11.1. The summed E-state index contributed by atoms with van der Waals surface area (Å²) in [6, 6.07) is 17.2. The summed E-state index contributed by atoms with van der Waals surface area (Å²) in [4.78, 5) is 11.1. The first kappa shape index (κ1) is 22.9. The fourth-order valence-electron chi connectivity index (χ4n) is 3.26. The molecule has 0 saturated heterocycles. The quantitative estimate of drug-likeness (QED) is 0.255. The van der Waals surface area contributed by atoms with E-state index in [9.17, 15) is 4.79 Å². The number of ether oxygens (including phenoxy) is 1. The van der Waals surface area contributed by atoms with Crippen molar-refractivity contribution in [2.45, 2.75) is 65.0 Å². The average Bonchev–Trinajstić information content (AvgIpc) is 2.76. The smallest absolute Gasteiger partial charge is 0.330 e. The molecule has 0 aliphatic rings. The molecule has 0 saturated carbocycles. The van der Waals surface area contributed by atoms with Crippen LogP contribution in [-0.2, 0) is 29.0 Å². The molecule has 0 aliphatic carbocycles. The number of hydrogen-bond acceptors (Lipinski definition) is 3. The fourth-order valence-corrected chi connectivity index (χ4v) is 3.26. The molecule has 0 bridgehead atoms. The first-order valence-electron chi connectivity index (χ1n) is 10.8. The van der Waals surface area contributed by atoms with Crippen LogP contribution in [0, 0.1) is 0 Å². The van der Waals surface area contributed by atoms with Gasteiger partial charge in [0.25, 0.3) is 0 Å². The molecule has 0 radical (unpaired) electrons. The van der Waals surface area contributed by atoms with E-state index < -0.39 is 0 Å². The number of unbranched alkanes of at least 4 members (excludes halogenated alkanes) is 5. The van der Waals surface area contributed by atoms with Crippen molar-refractivity contribution in [1.82, 2.24) is 5.32 Å². The highest BCUT2D eigenvalue weighted by molar-refractivity contribution is 5.86. The number of rotatable bonds is 13. The zero-order chi connectivity index (χ0) is 20.7. The maximum atomic E-state index is 11.1. The third-order valence-corrected chi connectivity index (χ3v) is 5.09. The predicted octanol–water partition coefficient (Wildman–Crippen LogP) is 6.07. The maximum absolute atomic E-state index is 11.1. The fraction of sp³-hybridized carbons (Fsp3) is 0.423. The van der Waals surface area contributed by atoms with Gasteiger partial charge in [0.2, 0.25) is 0 Å². The number of aryl methyl sites for hydroxylation is 1. The summed E-state index contributed by atoms with van der Waals surface area (Å²) < 4.78 is 4.60. The summed E-state index contributed by atoms with van der Waals surface area (Å²) >= 11 is 0. The van der Waals surface area contributed by atoms with E-state index in [0.29, 0.717) is 0 Å². The standard InChI is InChI=1S/C26H35NO2/c1-3-4-5-6-7-8-9-22-10-14-24(15-11-22)20-27-21-25-16-12-23(13-17-25)18-19-26(28)29-2/h10-19,27H,3-9,20-21H2,1-2H3/b19-18+. The average molecular weight is 394 g/mol. The van der Waals surface area contributed by atoms with Crippen molar-refractivity contribution in [2.75, 3.05) is 7.11 Å². The molecule has 29 heavy (non-hydrogen) atoms. The highest BCUT2D eigenvalue weighted by Crippen LogP contribution is 2.12. The van der Waals surface area contributed by atoms with Crippen LogP contribution in [0.15, 0.2) is 54.6 Å². The van der Waals surface area contributed by atoms with Gasteiger partial charge in [0.15, 0.2) is 0 Å². The molecule has 3 heteroatoms. The minimum absolute atomic E-state index is 0.339. The Balaban J connectivity index is 1.67. The van der Waals surface area contributed by atoms with Crippen molar-refractivity contribution in [3.63, 3.8) is 0 Å². The Hall–Kier alpha value is -2.39. The van der Waals surface area contributed by atoms with E-state index in [1.807, 2.05) is 12.1 Å². The molecule has 0 unspecified atom stereocenters. The van der Waals surface area contributed by atoms with E-state index in [2.05, 4.69) is 53.4 Å². The lowest BCUT2D eigenvalue weighted by Crippen LogP contribution is -2.12. The minimum Gasteiger partial charge on any atom is -0.466 e. The molecule has 0 amide bonds. The number of methoxy groups -OCH3 is 1. The van der Waals surface area contributed by atoms with E-state index in [1.54, 1.807) is 6.08 Å². The zero-order valence-corrected chi connectivity index (χ0v) is 18.0. The Morgan fingerprint density at radius 3 is 2.00 bits per heavy atom. The number of carbonyl (C=O) groups is 1. The third kappa shape index (κ3) is 9.58. The van der Waals surface area contributed by atoms with Crippen LogP contribution in [0.25, 0.3) is 6.08 Å². The van der Waals surface area contributed by atoms with Crippen LogP contribution in [0.1, 0.15) is 67.7 Å². The van der Waals surface area contributed by atoms with Crippen LogP contribution in [0.4, 0.5) is 0 Å². The SMILES string of the molecule is CCCCCCCCc1ccc(CNCc2ccc(/C=C/C(=O)OC)cc2)cc1. The van der Waals surface area contributed by atoms with Crippen molar-refractivity contribution in [3.05, 3.63) is 76.9 Å². The Kier molecular flexibility index (Phi) is 10.8. The van der Waals surface area contributed by atoms with E-state index in [1.165, 1.54) is 74.8 Å². The molecule has 3 nitrogen and oxygen atoms in total. The van der Waals surface area contributed by atoms with Gasteiger partial charge in [-0.05, 0) is 41.2 Å². The molecular formula is C26H35NO2. The molecule has 1 N–H and O–H groups in total. The summed E-state index contributed by atoms with van der Waals surface area (Å²) in [7, 11) is 1.38. The van der Waals surface area contributed by atoms with Crippen molar-refractivity contribution >= 4 is 12.0 Å². The van der Waals surface area contributed by atoms with Gasteiger partial charge in [-0.2, -0.15) is 0 Å². The minimum atomic E-state index is -0.339. The molecule has 0 aromatic heterocycles. The van der Waals surface area contributed by atoms with Gasteiger partial charge in [0.05, 0.1) is 7.11 Å². The summed E-state index contributed by atoms with van der Waals surface area (Å²) in [5.74, 6) is -0.339. The van der Waals surface area contributed by atoms with Gasteiger partial charge in [-0.15, -0.1) is 0 Å².